The van der Waals surface area contributed by atoms with E-state index < -0.39 is 16.0 Å². The van der Waals surface area contributed by atoms with Gasteiger partial charge in [0.25, 0.3) is 0 Å². The summed E-state index contributed by atoms with van der Waals surface area (Å²) in [6, 6.07) is 0. The van der Waals surface area contributed by atoms with E-state index in [0.29, 0.717) is 5.69 Å². The van der Waals surface area contributed by atoms with Crippen molar-refractivity contribution < 1.29 is 12.3 Å². The Labute approximate surface area is 75.6 Å². The molecule has 1 aromatic rings. The van der Waals surface area contributed by atoms with Crippen molar-refractivity contribution in [3.8, 4) is 0 Å². The van der Waals surface area contributed by atoms with Gasteiger partial charge in [-0.05, 0) is 6.42 Å². The zero-order valence-electron chi connectivity index (χ0n) is 6.90. The Balaban J connectivity index is 2.32. The highest BCUT2D eigenvalue weighted by Crippen LogP contribution is 2.18. The van der Waals surface area contributed by atoms with Crippen molar-refractivity contribution in [2.75, 3.05) is 0 Å². The molecule has 1 aliphatic heterocycles. The summed E-state index contributed by atoms with van der Waals surface area (Å²) in [6.07, 6.45) is 3.25. The first kappa shape index (κ1) is 8.68. The third kappa shape index (κ3) is 1.72. The second kappa shape index (κ2) is 2.80. The standard InChI is InChI=1S/C7H9FN2O2S/c8-13(11,12)5-6-4-9-7-2-1-3-10(6)7/h4H,1-3,5H2. The van der Waals surface area contributed by atoms with E-state index in [1.807, 2.05) is 0 Å². The first-order valence-corrected chi connectivity index (χ1v) is 5.57. The lowest BCUT2D eigenvalue weighted by atomic mass is 10.4. The molecule has 0 N–H and O–H groups in total. The lowest BCUT2D eigenvalue weighted by Gasteiger charge is -2.00. The van der Waals surface area contributed by atoms with Crippen LogP contribution in [0, 0.1) is 0 Å². The van der Waals surface area contributed by atoms with E-state index in [1.165, 1.54) is 6.20 Å². The fourth-order valence-corrected chi connectivity index (χ4v) is 2.20. The molecule has 72 valence electrons. The Morgan fingerprint density at radius 2 is 2.38 bits per heavy atom. The number of rotatable bonds is 2. The number of nitrogens with zero attached hydrogens (tertiary/aromatic N) is 2. The van der Waals surface area contributed by atoms with E-state index in [-0.39, 0.29) is 0 Å². The Bertz CT molecular complexity index is 424. The van der Waals surface area contributed by atoms with E-state index in [1.54, 1.807) is 4.57 Å². The van der Waals surface area contributed by atoms with Gasteiger partial charge < -0.3 is 4.57 Å². The van der Waals surface area contributed by atoms with Gasteiger partial charge in [0.05, 0.1) is 5.69 Å². The Morgan fingerprint density at radius 1 is 1.62 bits per heavy atom. The van der Waals surface area contributed by atoms with Gasteiger partial charge in [0.1, 0.15) is 11.6 Å². The van der Waals surface area contributed by atoms with Crippen LogP contribution in [0.25, 0.3) is 0 Å². The van der Waals surface area contributed by atoms with Crippen molar-refractivity contribution in [3.05, 3.63) is 17.7 Å². The summed E-state index contributed by atoms with van der Waals surface area (Å²) in [7, 11) is -4.43. The van der Waals surface area contributed by atoms with Crippen molar-refractivity contribution in [1.82, 2.24) is 9.55 Å². The molecule has 0 saturated carbocycles. The van der Waals surface area contributed by atoms with Gasteiger partial charge in [0.2, 0.25) is 0 Å². The molecule has 0 saturated heterocycles. The van der Waals surface area contributed by atoms with Crippen LogP contribution in [-0.2, 0) is 28.9 Å². The number of aromatic nitrogens is 2. The number of halogens is 1. The maximum absolute atomic E-state index is 12.4. The van der Waals surface area contributed by atoms with Crippen molar-refractivity contribution in [2.24, 2.45) is 0 Å². The van der Waals surface area contributed by atoms with Gasteiger partial charge in [-0.15, -0.1) is 3.89 Å². The third-order valence-corrected chi connectivity index (χ3v) is 2.76. The van der Waals surface area contributed by atoms with E-state index in [2.05, 4.69) is 4.98 Å². The van der Waals surface area contributed by atoms with Crippen LogP contribution in [0.15, 0.2) is 6.20 Å². The van der Waals surface area contributed by atoms with Crippen LogP contribution in [0.4, 0.5) is 3.89 Å². The molecule has 0 atom stereocenters. The fraction of sp³-hybridized carbons (Fsp3) is 0.571. The van der Waals surface area contributed by atoms with Crippen molar-refractivity contribution >= 4 is 10.2 Å². The lowest BCUT2D eigenvalue weighted by molar-refractivity contribution is 0.548. The summed E-state index contributed by atoms with van der Waals surface area (Å²) in [5, 5.41) is 0. The average Bonchev–Trinajstić information content (AvgIpc) is 2.50. The average molecular weight is 204 g/mol. The van der Waals surface area contributed by atoms with E-state index in [9.17, 15) is 12.3 Å². The number of aryl methyl sites for hydroxylation is 1. The van der Waals surface area contributed by atoms with Gasteiger partial charge in [-0.2, -0.15) is 8.42 Å². The Hall–Kier alpha value is -0.910. The maximum atomic E-state index is 12.4. The maximum Gasteiger partial charge on any atom is 0.308 e. The van der Waals surface area contributed by atoms with Gasteiger partial charge in [-0.25, -0.2) is 4.98 Å². The summed E-state index contributed by atoms with van der Waals surface area (Å²) in [5.41, 5.74) is 0.454. The van der Waals surface area contributed by atoms with Crippen LogP contribution >= 0.6 is 0 Å². The molecule has 1 aromatic heterocycles. The molecule has 0 aliphatic carbocycles. The minimum Gasteiger partial charge on any atom is -0.331 e. The smallest absolute Gasteiger partial charge is 0.308 e. The van der Waals surface area contributed by atoms with Crippen LogP contribution in [0.5, 0.6) is 0 Å². The zero-order chi connectivity index (χ0) is 9.47. The van der Waals surface area contributed by atoms with Gasteiger partial charge in [0, 0.05) is 19.2 Å². The predicted molar refractivity (Wildman–Crippen MR) is 44.3 cm³/mol. The molecular weight excluding hydrogens is 195 g/mol. The molecule has 0 radical (unpaired) electrons. The van der Waals surface area contributed by atoms with Gasteiger partial charge in [-0.1, -0.05) is 0 Å². The van der Waals surface area contributed by atoms with Crippen LogP contribution in [-0.4, -0.2) is 18.0 Å². The monoisotopic (exact) mass is 204 g/mol. The number of fused-ring (bicyclic) bond motifs is 1. The summed E-state index contributed by atoms with van der Waals surface area (Å²) in [6.45, 7) is 0.750. The minimum absolute atomic E-state index is 0.454. The summed E-state index contributed by atoms with van der Waals surface area (Å²) < 4.78 is 34.9. The molecule has 1 aliphatic rings. The molecule has 0 unspecified atom stereocenters. The van der Waals surface area contributed by atoms with E-state index in [4.69, 9.17) is 0 Å². The van der Waals surface area contributed by atoms with Gasteiger partial charge in [0.15, 0.2) is 0 Å². The van der Waals surface area contributed by atoms with Crippen molar-refractivity contribution in [2.45, 2.75) is 25.1 Å². The van der Waals surface area contributed by atoms with Gasteiger partial charge in [-0.3, -0.25) is 0 Å². The largest absolute Gasteiger partial charge is 0.331 e. The molecule has 4 nitrogen and oxygen atoms in total. The van der Waals surface area contributed by atoms with Crippen molar-refractivity contribution in [3.63, 3.8) is 0 Å². The van der Waals surface area contributed by atoms with Crippen molar-refractivity contribution in [1.29, 1.82) is 0 Å². The number of imidazole rings is 1. The predicted octanol–water partition coefficient (Wildman–Crippen LogP) is 0.629. The molecule has 0 spiro atoms. The second-order valence-corrected chi connectivity index (χ2v) is 4.47. The molecule has 0 fully saturated rings. The molecule has 13 heavy (non-hydrogen) atoms. The van der Waals surface area contributed by atoms with Crippen LogP contribution in [0.1, 0.15) is 17.9 Å². The summed E-state index contributed by atoms with van der Waals surface area (Å²) >= 11 is 0. The third-order valence-electron chi connectivity index (χ3n) is 2.12. The summed E-state index contributed by atoms with van der Waals surface area (Å²) in [4.78, 5) is 4.01. The normalized spacial score (nSPS) is 16.1. The summed E-state index contributed by atoms with van der Waals surface area (Å²) in [5.74, 6) is 0.304. The minimum atomic E-state index is -4.43. The molecule has 0 bridgehead atoms. The molecule has 0 amide bonds. The quantitative estimate of drug-likeness (QED) is 0.664. The number of hydrogen-bond donors (Lipinski definition) is 0. The zero-order valence-corrected chi connectivity index (χ0v) is 7.72. The van der Waals surface area contributed by atoms with E-state index in [0.717, 1.165) is 25.2 Å². The Morgan fingerprint density at radius 3 is 3.08 bits per heavy atom. The van der Waals surface area contributed by atoms with E-state index >= 15 is 0 Å². The van der Waals surface area contributed by atoms with Crippen LogP contribution < -0.4 is 0 Å². The molecule has 2 rings (SSSR count). The van der Waals surface area contributed by atoms with Gasteiger partial charge >= 0.3 is 10.2 Å². The fourth-order valence-electron chi connectivity index (χ4n) is 1.61. The number of hydrogen-bond acceptors (Lipinski definition) is 3. The first-order valence-electron chi connectivity index (χ1n) is 4.02. The molecule has 0 aromatic carbocycles. The Kier molecular flexibility index (Phi) is 1.87. The molecular formula is C7H9FN2O2S. The molecule has 2 heterocycles. The van der Waals surface area contributed by atoms with Crippen LogP contribution in [0.2, 0.25) is 0 Å². The highest BCUT2D eigenvalue weighted by Gasteiger charge is 2.19. The second-order valence-electron chi connectivity index (χ2n) is 3.10. The lowest BCUT2D eigenvalue weighted by Crippen LogP contribution is -2.04. The first-order chi connectivity index (χ1) is 6.06. The highest BCUT2D eigenvalue weighted by atomic mass is 32.3. The topological polar surface area (TPSA) is 52.0 Å². The highest BCUT2D eigenvalue weighted by molar-refractivity contribution is 7.85. The van der Waals surface area contributed by atoms with Crippen LogP contribution in [0.3, 0.4) is 0 Å². The SMILES string of the molecule is O=S(=O)(F)Cc1cnc2n1CCC2. The molecule has 6 heteroatoms.